The van der Waals surface area contributed by atoms with Gasteiger partial charge in [-0.1, -0.05) is 12.1 Å². The molecule has 1 amide bonds. The highest BCUT2D eigenvalue weighted by Gasteiger charge is 2.32. The van der Waals surface area contributed by atoms with Gasteiger partial charge in [0.25, 0.3) is 0 Å². The van der Waals surface area contributed by atoms with Crippen molar-refractivity contribution in [1.82, 2.24) is 4.31 Å². The molecule has 0 radical (unpaired) electrons. The summed E-state index contributed by atoms with van der Waals surface area (Å²) in [6.07, 6.45) is 2.74. The lowest BCUT2D eigenvalue weighted by Gasteiger charge is -2.30. The van der Waals surface area contributed by atoms with Gasteiger partial charge >= 0.3 is 0 Å². The van der Waals surface area contributed by atoms with E-state index in [1.807, 2.05) is 6.26 Å². The third-order valence-corrected chi connectivity index (χ3v) is 7.31. The topological polar surface area (TPSA) is 66.5 Å². The number of carbonyl (C=O) groups is 1. The van der Waals surface area contributed by atoms with E-state index in [0.29, 0.717) is 12.8 Å². The molecule has 144 valence electrons. The minimum atomic E-state index is -3.57. The number of thioether (sulfide) groups is 1. The van der Waals surface area contributed by atoms with E-state index >= 15 is 0 Å². The molecule has 0 atom stereocenters. The van der Waals surface area contributed by atoms with Crippen LogP contribution < -0.4 is 5.32 Å². The Balaban J connectivity index is 1.62. The minimum absolute atomic E-state index is 0.145. The monoisotopic (exact) mass is 408 g/mol. The molecule has 2 aromatic carbocycles. The largest absolute Gasteiger partial charge is 0.323 e. The van der Waals surface area contributed by atoms with Crippen LogP contribution in [0.3, 0.4) is 0 Å². The second-order valence-electron chi connectivity index (χ2n) is 6.32. The van der Waals surface area contributed by atoms with Gasteiger partial charge in [-0.15, -0.1) is 11.8 Å². The zero-order valence-corrected chi connectivity index (χ0v) is 16.5. The Morgan fingerprint density at radius 3 is 2.33 bits per heavy atom. The van der Waals surface area contributed by atoms with Gasteiger partial charge in [0.05, 0.1) is 10.6 Å². The molecule has 1 aliphatic heterocycles. The predicted octanol–water partition coefficient (Wildman–Crippen LogP) is 3.59. The fourth-order valence-electron chi connectivity index (χ4n) is 3.05. The fraction of sp³-hybridized carbons (Fsp3) is 0.316. The lowest BCUT2D eigenvalue weighted by Crippen LogP contribution is -2.41. The highest BCUT2D eigenvalue weighted by Crippen LogP contribution is 2.26. The molecule has 0 spiro atoms. The Bertz CT molecular complexity index is 909. The van der Waals surface area contributed by atoms with Gasteiger partial charge in [-0.3, -0.25) is 4.79 Å². The summed E-state index contributed by atoms with van der Waals surface area (Å²) in [5.41, 5.74) is 0.145. The van der Waals surface area contributed by atoms with Gasteiger partial charge < -0.3 is 5.32 Å². The van der Waals surface area contributed by atoms with E-state index in [4.69, 9.17) is 0 Å². The molecule has 3 rings (SSSR count). The normalized spacial score (nSPS) is 16.2. The molecule has 0 aliphatic carbocycles. The van der Waals surface area contributed by atoms with Crippen LogP contribution >= 0.6 is 11.8 Å². The summed E-state index contributed by atoms with van der Waals surface area (Å²) in [7, 11) is -3.57. The molecular formula is C19H21FN2O3S2. The summed E-state index contributed by atoms with van der Waals surface area (Å²) in [5.74, 6) is -1.10. The number of nitrogens with one attached hydrogen (secondary N) is 1. The molecule has 1 N–H and O–H groups in total. The number of benzene rings is 2. The van der Waals surface area contributed by atoms with E-state index < -0.39 is 15.8 Å². The predicted molar refractivity (Wildman–Crippen MR) is 105 cm³/mol. The summed E-state index contributed by atoms with van der Waals surface area (Å²) in [5, 5.41) is 2.59. The van der Waals surface area contributed by atoms with Crippen LogP contribution in [0, 0.1) is 11.7 Å². The van der Waals surface area contributed by atoms with Gasteiger partial charge in [0.15, 0.2) is 0 Å². The number of carbonyl (C=O) groups excluding carboxylic acids is 1. The molecule has 0 unspecified atom stereocenters. The van der Waals surface area contributed by atoms with Gasteiger partial charge in [-0.25, -0.2) is 12.8 Å². The third kappa shape index (κ3) is 4.51. The first kappa shape index (κ1) is 19.9. The fourth-order valence-corrected chi connectivity index (χ4v) is 4.93. The number of sulfonamides is 1. The SMILES string of the molecule is CSc1ccc(S(=O)(=O)N2CCC(C(=O)Nc3ccccc3F)CC2)cc1. The maximum absolute atomic E-state index is 13.7. The van der Waals surface area contributed by atoms with E-state index in [0.717, 1.165) is 4.90 Å². The second kappa shape index (κ2) is 8.41. The first-order chi connectivity index (χ1) is 12.9. The molecule has 27 heavy (non-hydrogen) atoms. The number of hydrogen-bond acceptors (Lipinski definition) is 4. The number of amides is 1. The molecule has 8 heteroatoms. The Morgan fingerprint density at radius 2 is 1.74 bits per heavy atom. The summed E-state index contributed by atoms with van der Waals surface area (Å²) in [6.45, 7) is 0.532. The van der Waals surface area contributed by atoms with Crippen LogP contribution in [0.2, 0.25) is 0 Å². The van der Waals surface area contributed by atoms with Crippen LogP contribution in [0.15, 0.2) is 58.3 Å². The van der Waals surface area contributed by atoms with Crippen molar-refractivity contribution < 1.29 is 17.6 Å². The zero-order valence-electron chi connectivity index (χ0n) is 14.9. The first-order valence-corrected chi connectivity index (χ1v) is 11.3. The first-order valence-electron chi connectivity index (χ1n) is 8.61. The maximum Gasteiger partial charge on any atom is 0.243 e. The quantitative estimate of drug-likeness (QED) is 0.768. The van der Waals surface area contributed by atoms with Crippen molar-refractivity contribution in [3.05, 3.63) is 54.3 Å². The molecular weight excluding hydrogens is 387 g/mol. The average molecular weight is 409 g/mol. The van der Waals surface area contributed by atoms with E-state index in [2.05, 4.69) is 5.32 Å². The molecule has 5 nitrogen and oxygen atoms in total. The third-order valence-electron chi connectivity index (χ3n) is 4.65. The molecule has 2 aromatic rings. The molecule has 1 saturated heterocycles. The Kier molecular flexibility index (Phi) is 6.18. The van der Waals surface area contributed by atoms with E-state index in [-0.39, 0.29) is 35.5 Å². The summed E-state index contributed by atoms with van der Waals surface area (Å²) >= 11 is 1.55. The smallest absolute Gasteiger partial charge is 0.243 e. The maximum atomic E-state index is 13.7. The lowest BCUT2D eigenvalue weighted by molar-refractivity contribution is -0.120. The average Bonchev–Trinajstić information content (AvgIpc) is 2.70. The highest BCUT2D eigenvalue weighted by atomic mass is 32.2. The van der Waals surface area contributed by atoms with Crippen LogP contribution in [0.5, 0.6) is 0 Å². The minimum Gasteiger partial charge on any atom is -0.323 e. The van der Waals surface area contributed by atoms with Crippen LogP contribution in [-0.4, -0.2) is 38.0 Å². The molecule has 0 aromatic heterocycles. The zero-order chi connectivity index (χ0) is 19.4. The van der Waals surface area contributed by atoms with Crippen LogP contribution in [-0.2, 0) is 14.8 Å². The van der Waals surface area contributed by atoms with Crippen molar-refractivity contribution in [2.24, 2.45) is 5.92 Å². The molecule has 0 bridgehead atoms. The summed E-state index contributed by atoms with van der Waals surface area (Å²) in [6, 6.07) is 12.8. The van der Waals surface area contributed by atoms with Crippen molar-refractivity contribution in [3.8, 4) is 0 Å². The number of rotatable bonds is 5. The number of anilines is 1. The van der Waals surface area contributed by atoms with E-state index in [1.54, 1.807) is 48.2 Å². The lowest BCUT2D eigenvalue weighted by atomic mass is 9.97. The molecule has 1 fully saturated rings. The number of hydrogen-bond donors (Lipinski definition) is 1. The van der Waals surface area contributed by atoms with Crippen molar-refractivity contribution in [3.63, 3.8) is 0 Å². The Hall–Kier alpha value is -1.90. The van der Waals surface area contributed by atoms with Crippen molar-refractivity contribution in [2.45, 2.75) is 22.6 Å². The van der Waals surface area contributed by atoms with Gasteiger partial charge in [0.2, 0.25) is 15.9 Å². The van der Waals surface area contributed by atoms with Crippen molar-refractivity contribution in [1.29, 1.82) is 0 Å². The van der Waals surface area contributed by atoms with Crippen molar-refractivity contribution >= 4 is 33.4 Å². The second-order valence-corrected chi connectivity index (χ2v) is 9.14. The standard InChI is InChI=1S/C19H21FN2O3S2/c1-26-15-6-8-16(9-7-15)27(24,25)22-12-10-14(11-13-22)19(23)21-18-5-3-2-4-17(18)20/h2-9,14H,10-13H2,1H3,(H,21,23). The molecule has 1 heterocycles. The van der Waals surface area contributed by atoms with Crippen LogP contribution in [0.1, 0.15) is 12.8 Å². The van der Waals surface area contributed by atoms with E-state index in [1.165, 1.54) is 16.4 Å². The van der Waals surface area contributed by atoms with Gasteiger partial charge in [0, 0.05) is 23.9 Å². The molecule has 0 saturated carbocycles. The van der Waals surface area contributed by atoms with Gasteiger partial charge in [0.1, 0.15) is 5.82 Å². The van der Waals surface area contributed by atoms with Gasteiger partial charge in [-0.2, -0.15) is 4.31 Å². The summed E-state index contributed by atoms with van der Waals surface area (Å²) < 4.78 is 40.6. The van der Waals surface area contributed by atoms with E-state index in [9.17, 15) is 17.6 Å². The van der Waals surface area contributed by atoms with Crippen LogP contribution in [0.4, 0.5) is 10.1 Å². The molecule has 1 aliphatic rings. The highest BCUT2D eigenvalue weighted by molar-refractivity contribution is 7.98. The number of halogens is 1. The number of nitrogens with zero attached hydrogens (tertiary/aromatic N) is 1. The van der Waals surface area contributed by atoms with Crippen LogP contribution in [0.25, 0.3) is 0 Å². The Morgan fingerprint density at radius 1 is 1.11 bits per heavy atom. The number of para-hydroxylation sites is 1. The Labute approximate surface area is 163 Å². The van der Waals surface area contributed by atoms with Gasteiger partial charge in [-0.05, 0) is 55.5 Å². The van der Waals surface area contributed by atoms with Crippen molar-refractivity contribution in [2.75, 3.05) is 24.7 Å². The number of piperidine rings is 1. The summed E-state index contributed by atoms with van der Waals surface area (Å²) in [4.78, 5) is 13.6.